The lowest BCUT2D eigenvalue weighted by Gasteiger charge is -2.23. The third kappa shape index (κ3) is 4.25. The van der Waals surface area contributed by atoms with Gasteiger partial charge in [-0.15, -0.1) is 11.3 Å². The van der Waals surface area contributed by atoms with Crippen LogP contribution in [0.3, 0.4) is 0 Å². The molecule has 21 heavy (non-hydrogen) atoms. The Labute approximate surface area is 130 Å². The number of hydrogen-bond donors (Lipinski definition) is 2. The molecule has 1 saturated heterocycles. The van der Waals surface area contributed by atoms with Crippen molar-refractivity contribution in [1.29, 1.82) is 0 Å². The summed E-state index contributed by atoms with van der Waals surface area (Å²) < 4.78 is 0. The lowest BCUT2D eigenvalue weighted by molar-refractivity contribution is -0.126. The molecule has 2 rings (SSSR count). The van der Waals surface area contributed by atoms with Crippen LogP contribution in [-0.2, 0) is 11.3 Å². The number of carbonyl (C=O) groups excluding carboxylic acids is 1. The number of thiazole rings is 1. The summed E-state index contributed by atoms with van der Waals surface area (Å²) in [6.45, 7) is 9.71. The van der Waals surface area contributed by atoms with Gasteiger partial charge in [-0.05, 0) is 26.2 Å². The SMILES string of the molecule is CC(C)NC(=O)[C@@H]1C[C@H](N)CN1Cc1nc(C(C)C)cs1. The summed E-state index contributed by atoms with van der Waals surface area (Å²) >= 11 is 1.67. The molecular formula is C15H26N4OS. The quantitative estimate of drug-likeness (QED) is 0.868. The summed E-state index contributed by atoms with van der Waals surface area (Å²) in [5, 5.41) is 6.17. The van der Waals surface area contributed by atoms with Gasteiger partial charge >= 0.3 is 0 Å². The Balaban J connectivity index is 2.03. The Morgan fingerprint density at radius 3 is 2.81 bits per heavy atom. The molecule has 1 aromatic rings. The molecule has 1 aliphatic rings. The number of nitrogens with zero attached hydrogens (tertiary/aromatic N) is 2. The van der Waals surface area contributed by atoms with Crippen LogP contribution in [0.15, 0.2) is 5.38 Å². The number of rotatable bonds is 5. The van der Waals surface area contributed by atoms with Crippen LogP contribution in [0.25, 0.3) is 0 Å². The van der Waals surface area contributed by atoms with Gasteiger partial charge in [0, 0.05) is 24.0 Å². The van der Waals surface area contributed by atoms with E-state index in [0.717, 1.165) is 23.7 Å². The lowest BCUT2D eigenvalue weighted by atomic mass is 10.1. The third-order valence-electron chi connectivity index (χ3n) is 3.67. The zero-order chi connectivity index (χ0) is 15.6. The van der Waals surface area contributed by atoms with Crippen molar-refractivity contribution >= 4 is 17.2 Å². The maximum atomic E-state index is 12.3. The van der Waals surface area contributed by atoms with Crippen molar-refractivity contribution < 1.29 is 4.79 Å². The van der Waals surface area contributed by atoms with Crippen molar-refractivity contribution in [3.63, 3.8) is 0 Å². The maximum Gasteiger partial charge on any atom is 0.237 e. The van der Waals surface area contributed by atoms with E-state index >= 15 is 0 Å². The van der Waals surface area contributed by atoms with Gasteiger partial charge in [-0.1, -0.05) is 13.8 Å². The van der Waals surface area contributed by atoms with E-state index < -0.39 is 0 Å². The van der Waals surface area contributed by atoms with Crippen LogP contribution in [0.1, 0.15) is 50.7 Å². The fraction of sp³-hybridized carbons (Fsp3) is 0.733. The predicted octanol–water partition coefficient (Wildman–Crippen LogP) is 1.69. The molecule has 6 heteroatoms. The molecule has 0 radical (unpaired) electrons. The van der Waals surface area contributed by atoms with E-state index in [1.807, 2.05) is 13.8 Å². The average Bonchev–Trinajstić information content (AvgIpc) is 2.96. The molecule has 5 nitrogen and oxygen atoms in total. The van der Waals surface area contributed by atoms with E-state index in [0.29, 0.717) is 12.5 Å². The minimum absolute atomic E-state index is 0.0671. The molecular weight excluding hydrogens is 284 g/mol. The first-order valence-electron chi connectivity index (χ1n) is 7.61. The maximum absolute atomic E-state index is 12.3. The Bertz CT molecular complexity index is 486. The molecule has 0 aromatic carbocycles. The van der Waals surface area contributed by atoms with Crippen LogP contribution < -0.4 is 11.1 Å². The van der Waals surface area contributed by atoms with Crippen molar-refractivity contribution in [2.75, 3.05) is 6.54 Å². The molecule has 0 unspecified atom stereocenters. The van der Waals surface area contributed by atoms with Crippen molar-refractivity contribution in [3.8, 4) is 0 Å². The molecule has 1 aromatic heterocycles. The van der Waals surface area contributed by atoms with Crippen LogP contribution in [0.5, 0.6) is 0 Å². The first-order valence-corrected chi connectivity index (χ1v) is 8.49. The normalized spacial score (nSPS) is 23.2. The van der Waals surface area contributed by atoms with Gasteiger partial charge in [0.05, 0.1) is 18.3 Å². The average molecular weight is 310 g/mol. The molecule has 0 saturated carbocycles. The van der Waals surface area contributed by atoms with Crippen LogP contribution in [-0.4, -0.2) is 40.5 Å². The standard InChI is InChI=1S/C15H26N4OS/c1-9(2)12-8-21-14(18-12)7-19-6-11(16)5-13(19)15(20)17-10(3)4/h8-11,13H,5-7,16H2,1-4H3,(H,17,20)/t11-,13-/m0/s1. The molecule has 0 aliphatic carbocycles. The number of hydrogen-bond acceptors (Lipinski definition) is 5. The van der Waals surface area contributed by atoms with E-state index in [1.54, 1.807) is 11.3 Å². The second kappa shape index (κ2) is 6.85. The number of likely N-dealkylation sites (tertiary alicyclic amines) is 1. The van der Waals surface area contributed by atoms with E-state index in [4.69, 9.17) is 5.73 Å². The number of nitrogens with one attached hydrogen (secondary N) is 1. The molecule has 3 N–H and O–H groups in total. The molecule has 1 aliphatic heterocycles. The smallest absolute Gasteiger partial charge is 0.237 e. The molecule has 1 fully saturated rings. The largest absolute Gasteiger partial charge is 0.353 e. The summed E-state index contributed by atoms with van der Waals surface area (Å²) in [7, 11) is 0. The van der Waals surface area contributed by atoms with E-state index in [-0.39, 0.29) is 24.0 Å². The Hall–Kier alpha value is -0.980. The van der Waals surface area contributed by atoms with Crippen LogP contribution in [0.4, 0.5) is 0 Å². The summed E-state index contributed by atoms with van der Waals surface area (Å²) in [5.41, 5.74) is 7.18. The van der Waals surface area contributed by atoms with Crippen molar-refractivity contribution in [2.24, 2.45) is 5.73 Å². The van der Waals surface area contributed by atoms with E-state index in [9.17, 15) is 4.79 Å². The Morgan fingerprint density at radius 2 is 2.24 bits per heavy atom. The Kier molecular flexibility index (Phi) is 5.35. The molecule has 2 atom stereocenters. The van der Waals surface area contributed by atoms with Crippen LogP contribution in [0, 0.1) is 0 Å². The summed E-state index contributed by atoms with van der Waals surface area (Å²) in [6.07, 6.45) is 0.723. The first kappa shape index (κ1) is 16.4. The van der Waals surface area contributed by atoms with Gasteiger partial charge in [0.2, 0.25) is 5.91 Å². The highest BCUT2D eigenvalue weighted by Gasteiger charge is 2.35. The van der Waals surface area contributed by atoms with Crippen LogP contribution in [0.2, 0.25) is 0 Å². The van der Waals surface area contributed by atoms with Crippen molar-refractivity contribution in [3.05, 3.63) is 16.1 Å². The summed E-state index contributed by atoms with van der Waals surface area (Å²) in [6, 6.07) is 0.0924. The summed E-state index contributed by atoms with van der Waals surface area (Å²) in [4.78, 5) is 19.1. The van der Waals surface area contributed by atoms with Crippen molar-refractivity contribution in [2.45, 2.75) is 64.7 Å². The number of carbonyl (C=O) groups is 1. The van der Waals surface area contributed by atoms with Gasteiger partial charge in [-0.3, -0.25) is 9.69 Å². The minimum Gasteiger partial charge on any atom is -0.353 e. The number of amides is 1. The molecule has 118 valence electrons. The van der Waals surface area contributed by atoms with Gasteiger partial charge in [0.1, 0.15) is 5.01 Å². The fourth-order valence-corrected chi connectivity index (χ4v) is 3.58. The van der Waals surface area contributed by atoms with E-state index in [1.165, 1.54) is 0 Å². The molecule has 0 spiro atoms. The highest BCUT2D eigenvalue weighted by atomic mass is 32.1. The van der Waals surface area contributed by atoms with Gasteiger partial charge in [-0.25, -0.2) is 4.98 Å². The van der Waals surface area contributed by atoms with Crippen molar-refractivity contribution in [1.82, 2.24) is 15.2 Å². The van der Waals surface area contributed by atoms with Gasteiger partial charge in [0.15, 0.2) is 0 Å². The molecule has 2 heterocycles. The monoisotopic (exact) mass is 310 g/mol. The second-order valence-electron chi connectivity index (χ2n) is 6.43. The third-order valence-corrected chi connectivity index (χ3v) is 4.52. The zero-order valence-corrected chi connectivity index (χ0v) is 14.1. The number of nitrogens with two attached hydrogens (primary N) is 1. The lowest BCUT2D eigenvalue weighted by Crippen LogP contribution is -2.45. The van der Waals surface area contributed by atoms with Gasteiger partial charge < -0.3 is 11.1 Å². The fourth-order valence-electron chi connectivity index (χ4n) is 2.60. The molecule has 1 amide bonds. The van der Waals surface area contributed by atoms with Crippen LogP contribution >= 0.6 is 11.3 Å². The highest BCUT2D eigenvalue weighted by Crippen LogP contribution is 2.23. The topological polar surface area (TPSA) is 71.2 Å². The molecule has 0 bridgehead atoms. The van der Waals surface area contributed by atoms with Gasteiger partial charge in [0.25, 0.3) is 0 Å². The minimum atomic E-state index is -0.131. The zero-order valence-electron chi connectivity index (χ0n) is 13.3. The second-order valence-corrected chi connectivity index (χ2v) is 7.37. The van der Waals surface area contributed by atoms with E-state index in [2.05, 4.69) is 34.4 Å². The Morgan fingerprint density at radius 1 is 1.52 bits per heavy atom. The highest BCUT2D eigenvalue weighted by molar-refractivity contribution is 7.09. The summed E-state index contributed by atoms with van der Waals surface area (Å²) in [5.74, 6) is 0.523. The first-order chi connectivity index (χ1) is 9.86. The predicted molar refractivity (Wildman–Crippen MR) is 86.3 cm³/mol. The number of aromatic nitrogens is 1. The van der Waals surface area contributed by atoms with Gasteiger partial charge in [-0.2, -0.15) is 0 Å².